The molecule has 228 valence electrons. The van der Waals surface area contributed by atoms with Gasteiger partial charge < -0.3 is 21.1 Å². The van der Waals surface area contributed by atoms with Crippen LogP contribution in [0.25, 0.3) is 10.8 Å². The molecule has 1 atom stereocenters. The van der Waals surface area contributed by atoms with Crippen LogP contribution in [0.1, 0.15) is 79.2 Å². The number of hydrogen-bond donors (Lipinski definition) is 4. The summed E-state index contributed by atoms with van der Waals surface area (Å²) in [5.41, 5.74) is 11.1. The van der Waals surface area contributed by atoms with Crippen LogP contribution in [0.4, 0.5) is 5.69 Å². The largest absolute Gasteiger partial charge is 0.392 e. The van der Waals surface area contributed by atoms with Crippen molar-refractivity contribution in [2.24, 2.45) is 11.7 Å². The molecule has 1 heterocycles. The van der Waals surface area contributed by atoms with Gasteiger partial charge in [0.15, 0.2) is 0 Å². The van der Waals surface area contributed by atoms with E-state index in [-0.39, 0.29) is 24.3 Å². The van der Waals surface area contributed by atoms with E-state index in [4.69, 9.17) is 11.1 Å². The van der Waals surface area contributed by atoms with Gasteiger partial charge in [0.2, 0.25) is 5.91 Å². The molecule has 0 saturated heterocycles. The molecular weight excluding hydrogens is 544 g/mol. The molecule has 0 radical (unpaired) electrons. The highest BCUT2D eigenvalue weighted by Crippen LogP contribution is 2.48. The van der Waals surface area contributed by atoms with Crippen LogP contribution < -0.4 is 16.0 Å². The predicted molar refractivity (Wildman–Crippen MR) is 179 cm³/mol. The molecule has 5 N–H and O–H groups in total. The van der Waals surface area contributed by atoms with Crippen LogP contribution in [0.3, 0.4) is 0 Å². The molecule has 1 amide bonds. The van der Waals surface area contributed by atoms with Crippen molar-refractivity contribution in [2.45, 2.75) is 83.0 Å². The molecule has 44 heavy (non-hydrogen) atoms. The fourth-order valence-electron chi connectivity index (χ4n) is 7.52. The number of aliphatic hydroxyl groups is 1. The number of nitrogen functional groups attached to an aromatic ring is 1. The summed E-state index contributed by atoms with van der Waals surface area (Å²) in [6.07, 6.45) is 9.84. The summed E-state index contributed by atoms with van der Waals surface area (Å²) in [5, 5.41) is 23.5. The molecule has 1 aliphatic heterocycles. The van der Waals surface area contributed by atoms with Gasteiger partial charge in [-0.05, 0) is 57.9 Å². The minimum Gasteiger partial charge on any atom is -0.392 e. The quantitative estimate of drug-likeness (QED) is 0.132. The number of hydrogen-bond acceptors (Lipinski definition) is 4. The minimum absolute atomic E-state index is 0.00106. The van der Waals surface area contributed by atoms with E-state index in [1.165, 1.54) is 42.0 Å². The number of amidine groups is 1. The average molecular weight is 589 g/mol. The molecule has 1 saturated carbocycles. The lowest BCUT2D eigenvalue weighted by Crippen LogP contribution is -2.62. The Morgan fingerprint density at radius 3 is 2.30 bits per heavy atom. The molecule has 0 aromatic heterocycles. The van der Waals surface area contributed by atoms with Crippen molar-refractivity contribution < 1.29 is 9.90 Å². The number of carbonyl (C=O) groups excluding carboxylic acids is 1. The number of nitrogens with two attached hydrogens (primary N) is 1. The molecule has 0 bridgehead atoms. The highest BCUT2D eigenvalue weighted by atomic mass is 16.3. The van der Waals surface area contributed by atoms with Crippen molar-refractivity contribution in [3.8, 4) is 0 Å². The van der Waals surface area contributed by atoms with E-state index in [9.17, 15) is 9.90 Å². The number of fused-ring (bicyclic) bond motifs is 2. The van der Waals surface area contributed by atoms with Gasteiger partial charge in [-0.3, -0.25) is 10.2 Å². The lowest BCUT2D eigenvalue weighted by Gasteiger charge is -2.45. The third-order valence-electron chi connectivity index (χ3n) is 9.92. The van der Waals surface area contributed by atoms with Gasteiger partial charge in [0, 0.05) is 30.8 Å². The van der Waals surface area contributed by atoms with E-state index >= 15 is 0 Å². The first-order valence-electron chi connectivity index (χ1n) is 16.2. The second-order valence-electron chi connectivity index (χ2n) is 12.6. The lowest BCUT2D eigenvalue weighted by atomic mass is 9.74. The van der Waals surface area contributed by atoms with E-state index in [0.29, 0.717) is 25.1 Å². The van der Waals surface area contributed by atoms with Crippen LogP contribution in [0.2, 0.25) is 0 Å². The number of aliphatic hydroxyl groups excluding tert-OH is 1. The Morgan fingerprint density at radius 1 is 0.886 bits per heavy atom. The van der Waals surface area contributed by atoms with E-state index in [1.807, 2.05) is 36.4 Å². The fraction of sp³-hybridized carbons (Fsp3) is 0.368. The maximum absolute atomic E-state index is 14.9. The Balaban J connectivity index is 1.46. The summed E-state index contributed by atoms with van der Waals surface area (Å²) in [6, 6.07) is 28.7. The molecule has 6 heteroatoms. The molecule has 1 fully saturated rings. The SMILES string of the molecule is N=C(N)c1ccc2c(c1)N(Cc1cccc3ccccc13)C(C(=O)NCc1ccc(CO)cc1)(C1CCCCCCCC1)C2. The van der Waals surface area contributed by atoms with Crippen LogP contribution in [0.15, 0.2) is 84.9 Å². The van der Waals surface area contributed by atoms with Crippen LogP contribution in [-0.4, -0.2) is 22.4 Å². The van der Waals surface area contributed by atoms with Gasteiger partial charge in [-0.15, -0.1) is 0 Å². The van der Waals surface area contributed by atoms with Gasteiger partial charge in [0.1, 0.15) is 11.4 Å². The molecule has 0 spiro atoms. The van der Waals surface area contributed by atoms with Crippen LogP contribution in [0, 0.1) is 11.3 Å². The Bertz CT molecular complexity index is 1620. The van der Waals surface area contributed by atoms with Gasteiger partial charge in [-0.1, -0.05) is 117 Å². The summed E-state index contributed by atoms with van der Waals surface area (Å²) in [5.74, 6) is 0.281. The summed E-state index contributed by atoms with van der Waals surface area (Å²) in [4.78, 5) is 17.3. The van der Waals surface area contributed by atoms with Crippen molar-refractivity contribution in [1.29, 1.82) is 5.41 Å². The molecule has 1 unspecified atom stereocenters. The maximum Gasteiger partial charge on any atom is 0.246 e. The number of benzene rings is 4. The zero-order chi connectivity index (χ0) is 30.5. The van der Waals surface area contributed by atoms with Gasteiger partial charge >= 0.3 is 0 Å². The number of anilines is 1. The van der Waals surface area contributed by atoms with Crippen molar-refractivity contribution in [3.63, 3.8) is 0 Å². The number of amides is 1. The third-order valence-corrected chi connectivity index (χ3v) is 9.92. The van der Waals surface area contributed by atoms with E-state index in [2.05, 4.69) is 58.7 Å². The molecule has 6 nitrogen and oxygen atoms in total. The second kappa shape index (κ2) is 13.2. The summed E-state index contributed by atoms with van der Waals surface area (Å²) in [6.45, 7) is 1.02. The van der Waals surface area contributed by atoms with E-state index in [1.54, 1.807) is 0 Å². The Morgan fingerprint density at radius 2 is 1.57 bits per heavy atom. The molecule has 2 aliphatic rings. The topological polar surface area (TPSA) is 102 Å². The molecule has 4 aromatic carbocycles. The maximum atomic E-state index is 14.9. The standard InChI is InChI=1S/C38H44N4O2/c39-36(40)30-20-21-31-23-38(33-13-5-3-1-2-4-6-14-33,37(44)41-24-27-16-18-28(26-43)19-17-27)42(35(31)22-30)25-32-12-9-11-29-10-7-8-15-34(29)32/h7-12,15-22,33,43H,1-6,13-14,23-26H2,(H3,39,40)(H,41,44). The molecular formula is C38H44N4O2. The van der Waals surface area contributed by atoms with Crippen molar-refractivity contribution in [2.75, 3.05) is 4.90 Å². The normalized spacial score (nSPS) is 19.2. The zero-order valence-electron chi connectivity index (χ0n) is 25.5. The highest BCUT2D eigenvalue weighted by molar-refractivity contribution is 5.98. The van der Waals surface area contributed by atoms with Crippen molar-refractivity contribution in [3.05, 3.63) is 113 Å². The summed E-state index contributed by atoms with van der Waals surface area (Å²) < 4.78 is 0. The third kappa shape index (κ3) is 5.96. The lowest BCUT2D eigenvalue weighted by molar-refractivity contribution is -0.128. The van der Waals surface area contributed by atoms with Crippen LogP contribution in [0.5, 0.6) is 0 Å². The molecule has 4 aromatic rings. The predicted octanol–water partition coefficient (Wildman–Crippen LogP) is 6.98. The first-order valence-corrected chi connectivity index (χ1v) is 16.2. The van der Waals surface area contributed by atoms with Crippen LogP contribution in [-0.2, 0) is 30.9 Å². The smallest absolute Gasteiger partial charge is 0.246 e. The summed E-state index contributed by atoms with van der Waals surface area (Å²) in [7, 11) is 0. The number of nitrogens with one attached hydrogen (secondary N) is 2. The summed E-state index contributed by atoms with van der Waals surface area (Å²) >= 11 is 0. The fourth-order valence-corrected chi connectivity index (χ4v) is 7.52. The first-order chi connectivity index (χ1) is 21.5. The van der Waals surface area contributed by atoms with E-state index in [0.717, 1.165) is 48.1 Å². The Labute approximate surface area is 260 Å². The number of carbonyl (C=O) groups is 1. The van der Waals surface area contributed by atoms with Crippen molar-refractivity contribution in [1.82, 2.24) is 5.32 Å². The van der Waals surface area contributed by atoms with E-state index < -0.39 is 5.54 Å². The van der Waals surface area contributed by atoms with Crippen LogP contribution >= 0.6 is 0 Å². The number of rotatable bonds is 8. The molecule has 1 aliphatic carbocycles. The average Bonchev–Trinajstić information content (AvgIpc) is 3.44. The second-order valence-corrected chi connectivity index (χ2v) is 12.6. The highest BCUT2D eigenvalue weighted by Gasteiger charge is 2.54. The van der Waals surface area contributed by atoms with Gasteiger partial charge in [0.05, 0.1) is 6.61 Å². The minimum atomic E-state index is -0.774. The Kier molecular flexibility index (Phi) is 8.99. The van der Waals surface area contributed by atoms with Crippen molar-refractivity contribution >= 4 is 28.2 Å². The van der Waals surface area contributed by atoms with Gasteiger partial charge in [0.25, 0.3) is 0 Å². The zero-order valence-corrected chi connectivity index (χ0v) is 25.5. The first kappa shape index (κ1) is 29.9. The van der Waals surface area contributed by atoms with Gasteiger partial charge in [-0.2, -0.15) is 0 Å². The molecule has 6 rings (SSSR count). The van der Waals surface area contributed by atoms with Gasteiger partial charge in [-0.25, -0.2) is 0 Å². The Hall–Kier alpha value is -4.16. The monoisotopic (exact) mass is 588 g/mol. The number of nitrogens with zero attached hydrogens (tertiary/aromatic N) is 1.